The van der Waals surface area contributed by atoms with Crippen molar-refractivity contribution in [2.24, 2.45) is 0 Å². The Morgan fingerprint density at radius 1 is 0.889 bits per heavy atom. The van der Waals surface area contributed by atoms with E-state index in [1.165, 1.54) is 0 Å². The molecule has 0 saturated heterocycles. The van der Waals surface area contributed by atoms with Gasteiger partial charge >= 0.3 is 17.9 Å². The molecule has 0 aliphatic carbocycles. The maximum absolute atomic E-state index is 9.60. The molecule has 0 aliphatic heterocycles. The Morgan fingerprint density at radius 2 is 1.17 bits per heavy atom. The summed E-state index contributed by atoms with van der Waals surface area (Å²) in [6, 6.07) is 0. The molecule has 4 N–H and O–H groups in total. The van der Waals surface area contributed by atoms with E-state index in [9.17, 15) is 14.4 Å². The zero-order chi connectivity index (χ0) is 15.1. The lowest BCUT2D eigenvalue weighted by atomic mass is 10.4. The first-order chi connectivity index (χ1) is 8.13. The van der Waals surface area contributed by atoms with Gasteiger partial charge in [0.15, 0.2) is 0 Å². The van der Waals surface area contributed by atoms with Crippen LogP contribution in [0.25, 0.3) is 0 Å². The molecule has 0 amide bonds. The van der Waals surface area contributed by atoms with E-state index in [2.05, 4.69) is 0 Å². The first-order valence-electron chi connectivity index (χ1n) is 4.68. The summed E-state index contributed by atoms with van der Waals surface area (Å²) >= 11 is 0. The first kappa shape index (κ1) is 21.0. The van der Waals surface area contributed by atoms with E-state index in [-0.39, 0.29) is 0 Å². The number of carboxylic acid groups (broad SMARTS) is 4. The fourth-order valence-corrected chi connectivity index (χ4v) is 0.356. The Bertz CT molecular complexity index is 285. The van der Waals surface area contributed by atoms with Gasteiger partial charge in [-0.25, -0.2) is 9.59 Å². The Hall–Kier alpha value is -2.38. The maximum atomic E-state index is 9.60. The quantitative estimate of drug-likeness (QED) is 0.541. The smallest absolute Gasteiger partial charge is 0.328 e. The second-order valence-electron chi connectivity index (χ2n) is 2.67. The number of carboxylic acids is 4. The molecule has 0 aromatic rings. The van der Waals surface area contributed by atoms with Crippen LogP contribution in [0.2, 0.25) is 0 Å². The fraction of sp³-hybridized carbons (Fsp3) is 0.400. The summed E-state index contributed by atoms with van der Waals surface area (Å²) in [5, 5.41) is 31.0. The van der Waals surface area contributed by atoms with E-state index in [4.69, 9.17) is 25.2 Å². The third-order valence-corrected chi connectivity index (χ3v) is 0.832. The molecular weight excluding hydrogens is 248 g/mol. The molecule has 18 heavy (non-hydrogen) atoms. The minimum Gasteiger partial charge on any atom is -0.481 e. The summed E-state index contributed by atoms with van der Waals surface area (Å²) in [6.07, 6.45) is 2.14. The third kappa shape index (κ3) is 68.7. The summed E-state index contributed by atoms with van der Waals surface area (Å²) in [6.45, 7) is 2.92. The Balaban J connectivity index is -0.000000200. The average molecular weight is 264 g/mol. The minimum absolute atomic E-state index is 0.292. The molecule has 0 fully saturated rings. The van der Waals surface area contributed by atoms with Crippen LogP contribution < -0.4 is 0 Å². The normalized spacial score (nSPS) is 8.33. The highest BCUT2D eigenvalue weighted by Crippen LogP contribution is 1.82. The lowest BCUT2D eigenvalue weighted by Crippen LogP contribution is -1.91. The Labute approximate surface area is 103 Å². The van der Waals surface area contributed by atoms with E-state index >= 15 is 0 Å². The lowest BCUT2D eigenvalue weighted by molar-refractivity contribution is -0.137. The first-order valence-corrected chi connectivity index (χ1v) is 4.68. The summed E-state index contributed by atoms with van der Waals surface area (Å²) in [5.74, 6) is -4.06. The Morgan fingerprint density at radius 3 is 1.22 bits per heavy atom. The standard InChI is InChI=1S/C4H4O4.C4H8O2.C2H4O2/c5-3(6)1-2-4(7)8;1-2-3-4(5)6;1-2(3)4/h1-2H,(H,5,6)(H,7,8);2-3H2,1H3,(H,5,6);1H3,(H,3,4)/b2-1-;;. The molecule has 8 nitrogen and oxygen atoms in total. The SMILES string of the molecule is CC(=O)O.CCCC(=O)O.O=C(O)/C=C\C(=O)O. The molecule has 8 heteroatoms. The molecule has 0 saturated carbocycles. The maximum Gasteiger partial charge on any atom is 0.328 e. The van der Waals surface area contributed by atoms with Crippen molar-refractivity contribution in [3.05, 3.63) is 12.2 Å². The predicted octanol–water partition coefficient (Wildman–Crippen LogP) is 0.674. The van der Waals surface area contributed by atoms with Crippen LogP contribution in [0.4, 0.5) is 0 Å². The van der Waals surface area contributed by atoms with E-state index in [1.807, 2.05) is 6.92 Å². The third-order valence-electron chi connectivity index (χ3n) is 0.832. The molecule has 0 spiro atoms. The van der Waals surface area contributed by atoms with Crippen molar-refractivity contribution >= 4 is 23.9 Å². The molecular formula is C10H16O8. The largest absolute Gasteiger partial charge is 0.481 e. The highest BCUT2D eigenvalue weighted by atomic mass is 16.4. The Kier molecular flexibility index (Phi) is 17.0. The van der Waals surface area contributed by atoms with E-state index in [0.29, 0.717) is 18.6 Å². The molecule has 0 unspecified atom stereocenters. The van der Waals surface area contributed by atoms with E-state index in [1.54, 1.807) is 0 Å². The van der Waals surface area contributed by atoms with Crippen molar-refractivity contribution in [3.63, 3.8) is 0 Å². The average Bonchev–Trinajstić information content (AvgIpc) is 2.14. The molecule has 0 bridgehead atoms. The van der Waals surface area contributed by atoms with Gasteiger partial charge in [-0.15, -0.1) is 0 Å². The molecule has 0 aromatic heterocycles. The van der Waals surface area contributed by atoms with Crippen LogP contribution in [0.1, 0.15) is 26.7 Å². The van der Waals surface area contributed by atoms with Gasteiger partial charge in [0.05, 0.1) is 0 Å². The van der Waals surface area contributed by atoms with Crippen molar-refractivity contribution in [1.29, 1.82) is 0 Å². The van der Waals surface area contributed by atoms with Crippen molar-refractivity contribution in [2.45, 2.75) is 26.7 Å². The van der Waals surface area contributed by atoms with Gasteiger partial charge in [0.1, 0.15) is 0 Å². The highest BCUT2D eigenvalue weighted by Gasteiger charge is 1.88. The van der Waals surface area contributed by atoms with E-state index in [0.717, 1.165) is 13.3 Å². The lowest BCUT2D eigenvalue weighted by Gasteiger charge is -1.79. The zero-order valence-corrected chi connectivity index (χ0v) is 9.99. The number of aliphatic carboxylic acids is 4. The fourth-order valence-electron chi connectivity index (χ4n) is 0.356. The number of carbonyl (C=O) groups is 4. The van der Waals surface area contributed by atoms with Crippen molar-refractivity contribution in [1.82, 2.24) is 0 Å². The molecule has 0 atom stereocenters. The second kappa shape index (κ2) is 14.6. The molecule has 0 rings (SSSR count). The van der Waals surface area contributed by atoms with E-state index < -0.39 is 23.9 Å². The van der Waals surface area contributed by atoms with Crippen molar-refractivity contribution < 1.29 is 39.6 Å². The van der Waals surface area contributed by atoms with Gasteiger partial charge in [0.25, 0.3) is 5.97 Å². The van der Waals surface area contributed by atoms with Gasteiger partial charge in [-0.05, 0) is 6.42 Å². The monoisotopic (exact) mass is 264 g/mol. The van der Waals surface area contributed by atoms with Crippen molar-refractivity contribution in [2.75, 3.05) is 0 Å². The molecule has 0 radical (unpaired) electrons. The number of hydrogen-bond donors (Lipinski definition) is 4. The number of hydrogen-bond acceptors (Lipinski definition) is 4. The van der Waals surface area contributed by atoms with Crippen LogP contribution in [-0.4, -0.2) is 44.3 Å². The van der Waals surface area contributed by atoms with Gasteiger partial charge in [-0.2, -0.15) is 0 Å². The van der Waals surface area contributed by atoms with Gasteiger partial charge < -0.3 is 20.4 Å². The molecule has 104 valence electrons. The van der Waals surface area contributed by atoms with Crippen molar-refractivity contribution in [3.8, 4) is 0 Å². The van der Waals surface area contributed by atoms with Gasteiger partial charge in [-0.1, -0.05) is 6.92 Å². The molecule has 0 aliphatic rings. The summed E-state index contributed by atoms with van der Waals surface area (Å²) in [4.78, 5) is 37.7. The summed E-state index contributed by atoms with van der Waals surface area (Å²) in [7, 11) is 0. The molecule has 0 aromatic carbocycles. The topological polar surface area (TPSA) is 149 Å². The number of rotatable bonds is 4. The van der Waals surface area contributed by atoms with Gasteiger partial charge in [-0.3, -0.25) is 9.59 Å². The zero-order valence-electron chi connectivity index (χ0n) is 9.99. The van der Waals surface area contributed by atoms with Crippen LogP contribution in [0.5, 0.6) is 0 Å². The van der Waals surface area contributed by atoms with Crippen LogP contribution in [0.3, 0.4) is 0 Å². The van der Waals surface area contributed by atoms with Crippen LogP contribution >= 0.6 is 0 Å². The minimum atomic E-state index is -1.26. The predicted molar refractivity (Wildman–Crippen MR) is 60.3 cm³/mol. The van der Waals surface area contributed by atoms with Crippen LogP contribution in [-0.2, 0) is 19.2 Å². The molecule has 0 heterocycles. The highest BCUT2D eigenvalue weighted by molar-refractivity contribution is 5.89. The van der Waals surface area contributed by atoms with Gasteiger partial charge in [0.2, 0.25) is 0 Å². The van der Waals surface area contributed by atoms with Crippen LogP contribution in [0, 0.1) is 0 Å². The summed E-state index contributed by atoms with van der Waals surface area (Å²) in [5.41, 5.74) is 0. The van der Waals surface area contributed by atoms with Crippen LogP contribution in [0.15, 0.2) is 12.2 Å². The second-order valence-corrected chi connectivity index (χ2v) is 2.67. The van der Waals surface area contributed by atoms with Gasteiger partial charge in [0, 0.05) is 25.5 Å². The summed E-state index contributed by atoms with van der Waals surface area (Å²) < 4.78 is 0.